The number of Topliss-reactive ketones (excluding diaryl/α,β-unsaturated/α-hetero) is 1. The maximum Gasteiger partial charge on any atom is 0.336 e. The highest BCUT2D eigenvalue weighted by Gasteiger charge is 2.40. The predicted molar refractivity (Wildman–Crippen MR) is 339 cm³/mol. The van der Waals surface area contributed by atoms with Crippen LogP contribution in [-0.2, 0) is 81.5 Å². The van der Waals surface area contributed by atoms with Gasteiger partial charge in [0.05, 0.1) is 36.9 Å². The van der Waals surface area contributed by atoms with Crippen LogP contribution in [0.15, 0.2) is 67.3 Å². The van der Waals surface area contributed by atoms with Gasteiger partial charge in [-0.1, -0.05) is 44.2 Å². The van der Waals surface area contributed by atoms with Gasteiger partial charge in [-0.05, 0) is 101 Å². The monoisotopic (exact) mass is 1300 g/mol. The lowest BCUT2D eigenvalue weighted by Gasteiger charge is -2.31. The number of nitrogens with zero attached hydrogens (tertiary/aromatic N) is 2. The number of aromatic nitrogens is 3. The van der Waals surface area contributed by atoms with E-state index in [-0.39, 0.29) is 81.0 Å². The van der Waals surface area contributed by atoms with Gasteiger partial charge in [-0.15, -0.1) is 0 Å². The summed E-state index contributed by atoms with van der Waals surface area (Å²) in [5.41, 5.74) is 13.5. The summed E-state index contributed by atoms with van der Waals surface area (Å²) in [7, 11) is 0. The van der Waals surface area contributed by atoms with Crippen molar-refractivity contribution in [2.75, 3.05) is 39.4 Å². The van der Waals surface area contributed by atoms with E-state index in [9.17, 15) is 63.0 Å². The fraction of sp³-hybridized carbons (Fsp3) is 0.532. The van der Waals surface area contributed by atoms with Gasteiger partial charge in [0.15, 0.2) is 11.7 Å². The molecule has 0 spiro atoms. The van der Waals surface area contributed by atoms with Crippen LogP contribution in [0.3, 0.4) is 0 Å². The smallest absolute Gasteiger partial charge is 0.336 e. The summed E-state index contributed by atoms with van der Waals surface area (Å²) in [4.78, 5) is 155. The van der Waals surface area contributed by atoms with Crippen LogP contribution in [0.1, 0.15) is 104 Å². The second-order valence-electron chi connectivity index (χ2n) is 24.0. The van der Waals surface area contributed by atoms with Crippen LogP contribution >= 0.6 is 0 Å². The lowest BCUT2D eigenvalue weighted by atomic mass is 10.0. The normalized spacial score (nSPS) is 16.8. The fourth-order valence-corrected chi connectivity index (χ4v) is 10.2. The van der Waals surface area contributed by atoms with E-state index in [2.05, 4.69) is 67.5 Å². The first-order chi connectivity index (χ1) is 44.1. The number of imidazole rings is 1. The number of hydrogen-bond donors (Lipinski definition) is 16. The van der Waals surface area contributed by atoms with Gasteiger partial charge < -0.3 is 88.6 Å². The number of amides is 8. The van der Waals surface area contributed by atoms with Crippen LogP contribution in [-0.4, -0.2) is 200 Å². The maximum atomic E-state index is 14.4. The van der Waals surface area contributed by atoms with Crippen molar-refractivity contribution in [3.63, 3.8) is 0 Å². The fourth-order valence-electron chi connectivity index (χ4n) is 10.2. The van der Waals surface area contributed by atoms with E-state index in [1.165, 1.54) is 35.5 Å². The van der Waals surface area contributed by atoms with Crippen molar-refractivity contribution >= 4 is 81.8 Å². The third-order valence-electron chi connectivity index (χ3n) is 14.8. The SMILES string of the molecule is CC(=O)OC(=O)[C@H](Cc1c[nH]cn1)NC(=O)[C@H]1NCCC1=O.CCNC(=O)[C@@H]1CCCN1C(=O)[C@H](CCCNC(=N)N)NC(=O)[C@H](CC(C)C)NC(=O)[C@@H](COC(C)(C)C)NC(=O)[C@H](Cc1ccc(O)cc1)NC(=O)[C@H](CO)NC(=O)[C@@H](N)Cc1c[nH]c2ccccc12. The van der Waals surface area contributed by atoms with E-state index in [1.807, 2.05) is 38.1 Å². The molecule has 2 aliphatic rings. The lowest BCUT2D eigenvalue weighted by Crippen LogP contribution is -2.61. The molecule has 18 N–H and O–H groups in total. The van der Waals surface area contributed by atoms with E-state index in [0.717, 1.165) is 23.4 Å². The van der Waals surface area contributed by atoms with Crippen molar-refractivity contribution in [1.29, 1.82) is 5.41 Å². The third kappa shape index (κ3) is 24.0. The molecule has 0 aliphatic carbocycles. The molecular weight excluding hydrogens is 1210 g/mol. The van der Waals surface area contributed by atoms with Crippen molar-refractivity contribution in [3.8, 4) is 5.75 Å². The molecule has 2 aliphatic heterocycles. The number of aromatic hydroxyl groups is 1. The summed E-state index contributed by atoms with van der Waals surface area (Å²) in [6.45, 7) is 11.8. The number of guanidine groups is 1. The molecule has 4 aromatic rings. The number of phenols is 1. The topological polar surface area (TPSA) is 479 Å². The first-order valence-corrected chi connectivity index (χ1v) is 30.8. The highest BCUT2D eigenvalue weighted by Crippen LogP contribution is 2.22. The molecule has 93 heavy (non-hydrogen) atoms. The molecule has 0 saturated carbocycles. The first-order valence-electron chi connectivity index (χ1n) is 30.8. The zero-order valence-electron chi connectivity index (χ0n) is 53.5. The van der Waals surface area contributed by atoms with Crippen molar-refractivity contribution in [2.45, 2.75) is 166 Å². The number of benzene rings is 2. The van der Waals surface area contributed by atoms with Crippen molar-refractivity contribution in [1.82, 2.24) is 67.7 Å². The number of ether oxygens (including phenoxy) is 2. The zero-order valence-corrected chi connectivity index (χ0v) is 53.5. The Morgan fingerprint density at radius 1 is 0.796 bits per heavy atom. The van der Waals surface area contributed by atoms with Gasteiger partial charge in [-0.3, -0.25) is 58.7 Å². The summed E-state index contributed by atoms with van der Waals surface area (Å²) in [5, 5.41) is 52.6. The first kappa shape index (κ1) is 74.4. The minimum absolute atomic E-state index is 0.0439. The number of likely N-dealkylation sites (tertiary alicyclic amines) is 1. The number of fused-ring (bicyclic) bond motifs is 1. The molecule has 508 valence electrons. The number of rotatable bonds is 31. The second-order valence-corrected chi connectivity index (χ2v) is 24.0. The second kappa shape index (κ2) is 36.1. The number of aliphatic hydroxyl groups is 1. The van der Waals surface area contributed by atoms with Crippen LogP contribution in [0, 0.1) is 11.3 Å². The van der Waals surface area contributed by atoms with Crippen LogP contribution in [0.2, 0.25) is 0 Å². The summed E-state index contributed by atoms with van der Waals surface area (Å²) in [5.74, 6) is -7.87. The van der Waals surface area contributed by atoms with Gasteiger partial charge in [-0.2, -0.15) is 0 Å². The number of likely N-dealkylation sites (N-methyl/N-ethyl adjacent to an activating group) is 1. The minimum atomic E-state index is -1.55. The number of nitrogens with one attached hydrogen (secondary N) is 12. The molecule has 4 heterocycles. The standard InChI is InChI=1S/C49H74N12O10.C13H16N4O5/c1-7-53-46(69)40-15-11-21-61(40)47(70)35(14-10-20-54-48(51)52)56-42(65)36(22-28(2)3)57-45(68)39(27-71-49(4,5)6)60-43(66)37(23-29-16-18-31(63)19-17-29)58-44(67)38(26-62)59-41(64)33(50)24-30-25-55-34-13-9-8-12-32(30)34;1-7(18)22-13(21)9(4-8-5-14-6-16-8)17-12(20)11-10(19)2-3-15-11/h8-9,12-13,16-19,25,28,33,35-40,55,62-63H,7,10-11,14-15,20-24,26-27,50H2,1-6H3,(H,53,69)(H,56,65)(H,57,68)(H,58,67)(H,59,64)(H,60,66)(H4,51,52,54);5-6,9,11,15H,2-4H2,1H3,(H,14,16)(H,17,20)/t33-,35-,36-,37-,38-,39+,40-;9-,11-/m00/s1. The van der Waals surface area contributed by atoms with Crippen LogP contribution in [0.5, 0.6) is 5.75 Å². The van der Waals surface area contributed by atoms with Gasteiger partial charge in [0, 0.05) is 75.7 Å². The van der Waals surface area contributed by atoms with Gasteiger partial charge in [0.25, 0.3) is 0 Å². The number of phenolic OH excluding ortho intramolecular Hbond substituents is 1. The highest BCUT2D eigenvalue weighted by atomic mass is 16.6. The Bertz CT molecular complexity index is 3220. The summed E-state index contributed by atoms with van der Waals surface area (Å²) in [6.07, 6.45) is 6.50. The highest BCUT2D eigenvalue weighted by molar-refractivity contribution is 6.08. The van der Waals surface area contributed by atoms with Gasteiger partial charge in [0.1, 0.15) is 54.1 Å². The number of carbonyl (C=O) groups excluding carboxylic acids is 11. The Labute approximate surface area is 538 Å². The maximum absolute atomic E-state index is 14.4. The van der Waals surface area contributed by atoms with Gasteiger partial charge in [-0.25, -0.2) is 9.78 Å². The van der Waals surface area contributed by atoms with Crippen molar-refractivity contribution < 1.29 is 72.4 Å². The molecule has 9 atom stereocenters. The van der Waals surface area contributed by atoms with Gasteiger partial charge in [0.2, 0.25) is 47.3 Å². The molecule has 0 unspecified atom stereocenters. The number of carbonyl (C=O) groups is 11. The molecule has 2 saturated heterocycles. The van der Waals surface area contributed by atoms with E-state index in [4.69, 9.17) is 21.6 Å². The Kier molecular flexibility index (Phi) is 28.8. The molecular formula is C62H90N16O15. The zero-order chi connectivity index (χ0) is 68.5. The number of esters is 2. The number of H-pyrrole nitrogens is 2. The Morgan fingerprint density at radius 2 is 1.44 bits per heavy atom. The van der Waals surface area contributed by atoms with E-state index in [1.54, 1.807) is 40.1 Å². The molecule has 2 fully saturated rings. The molecule has 6 rings (SSSR count). The molecule has 0 radical (unpaired) electrons. The van der Waals surface area contributed by atoms with E-state index in [0.29, 0.717) is 50.2 Å². The largest absolute Gasteiger partial charge is 0.508 e. The molecule has 31 nitrogen and oxygen atoms in total. The van der Waals surface area contributed by atoms with Crippen molar-refractivity contribution in [2.24, 2.45) is 17.4 Å². The minimum Gasteiger partial charge on any atom is -0.508 e. The number of ketones is 1. The number of aliphatic hydroxyl groups excluding tert-OH is 1. The molecule has 31 heteroatoms. The van der Waals surface area contributed by atoms with Crippen molar-refractivity contribution in [3.05, 3.63) is 84.1 Å². The lowest BCUT2D eigenvalue weighted by molar-refractivity contribution is -0.160. The summed E-state index contributed by atoms with van der Waals surface area (Å²) in [6, 6.07) is 2.57. The molecule has 2 aromatic heterocycles. The van der Waals surface area contributed by atoms with E-state index >= 15 is 0 Å². The van der Waals surface area contributed by atoms with E-state index < -0.39 is 120 Å². The van der Waals surface area contributed by atoms with Crippen LogP contribution in [0.25, 0.3) is 10.9 Å². The predicted octanol–water partition coefficient (Wildman–Crippen LogP) is -1.89. The Morgan fingerprint density at radius 3 is 2.06 bits per heavy atom. The molecule has 2 aromatic carbocycles. The molecule has 8 amide bonds. The third-order valence-corrected chi connectivity index (χ3v) is 14.8. The average molecular weight is 1300 g/mol. The average Bonchev–Trinajstić information content (AvgIpc) is 1.91. The number of hydrogen-bond acceptors (Lipinski definition) is 19. The number of nitrogens with two attached hydrogens (primary N) is 2. The number of aromatic amines is 2. The van der Waals surface area contributed by atoms with Gasteiger partial charge >= 0.3 is 11.9 Å². The number of para-hydroxylation sites is 1. The van der Waals surface area contributed by atoms with Crippen LogP contribution in [0.4, 0.5) is 0 Å². The molecule has 0 bridgehead atoms. The Balaban J connectivity index is 0.000000596. The Hall–Kier alpha value is -9.33. The summed E-state index contributed by atoms with van der Waals surface area (Å²) >= 11 is 0. The summed E-state index contributed by atoms with van der Waals surface area (Å²) < 4.78 is 10.5. The quantitative estimate of drug-likeness (QED) is 0.00861. The van der Waals surface area contributed by atoms with Crippen LogP contribution < -0.4 is 59.3 Å².